The lowest BCUT2D eigenvalue weighted by Crippen LogP contribution is -2.45. The molecule has 1 saturated heterocycles. The zero-order valence-electron chi connectivity index (χ0n) is 15.1. The van der Waals surface area contributed by atoms with Crippen molar-refractivity contribution in [2.75, 3.05) is 13.6 Å². The molecule has 0 spiro atoms. The molecule has 1 aromatic carbocycles. The van der Waals surface area contributed by atoms with Gasteiger partial charge in [0.25, 0.3) is 0 Å². The van der Waals surface area contributed by atoms with Gasteiger partial charge in [0, 0.05) is 24.2 Å². The van der Waals surface area contributed by atoms with E-state index < -0.39 is 0 Å². The summed E-state index contributed by atoms with van der Waals surface area (Å²) in [5, 5.41) is 9.96. The minimum absolute atomic E-state index is 0.0102. The summed E-state index contributed by atoms with van der Waals surface area (Å²) >= 11 is 0. The van der Waals surface area contributed by atoms with E-state index >= 15 is 0 Å². The van der Waals surface area contributed by atoms with Crippen LogP contribution >= 0.6 is 0 Å². The Morgan fingerprint density at radius 3 is 2.72 bits per heavy atom. The highest BCUT2D eigenvalue weighted by Gasteiger charge is 2.35. The lowest BCUT2D eigenvalue weighted by atomic mass is 10.1. The molecule has 25 heavy (non-hydrogen) atoms. The van der Waals surface area contributed by atoms with Crippen molar-refractivity contribution >= 4 is 6.03 Å². The quantitative estimate of drug-likeness (QED) is 0.891. The van der Waals surface area contributed by atoms with Gasteiger partial charge in [-0.1, -0.05) is 35.0 Å². The molecule has 1 aromatic heterocycles. The SMILES string of the molecule is Cc1ccc(-c2noc([C@@H]3C[C@H](NC(=O)NC(C)C)CN3C)n2)cc1. The Hall–Kier alpha value is -2.41. The Labute approximate surface area is 147 Å². The Kier molecular flexibility index (Phi) is 5.03. The van der Waals surface area contributed by atoms with Gasteiger partial charge in [0.15, 0.2) is 0 Å². The highest BCUT2D eigenvalue weighted by molar-refractivity contribution is 5.74. The van der Waals surface area contributed by atoms with Gasteiger partial charge >= 0.3 is 6.03 Å². The molecule has 0 unspecified atom stereocenters. The van der Waals surface area contributed by atoms with Crippen molar-refractivity contribution in [2.24, 2.45) is 0 Å². The van der Waals surface area contributed by atoms with E-state index in [0.717, 1.165) is 18.5 Å². The first-order valence-corrected chi connectivity index (χ1v) is 8.60. The number of carbonyl (C=O) groups is 1. The summed E-state index contributed by atoms with van der Waals surface area (Å²) in [6.07, 6.45) is 0.748. The molecule has 3 rings (SSSR count). The molecule has 7 heteroatoms. The number of amides is 2. The number of hydrogen-bond acceptors (Lipinski definition) is 5. The van der Waals surface area contributed by atoms with E-state index in [2.05, 4.69) is 25.7 Å². The average molecular weight is 343 g/mol. The fourth-order valence-electron chi connectivity index (χ4n) is 3.07. The minimum atomic E-state index is -0.139. The Morgan fingerprint density at radius 2 is 2.04 bits per heavy atom. The van der Waals surface area contributed by atoms with Crippen LogP contribution in [-0.2, 0) is 0 Å². The fourth-order valence-corrected chi connectivity index (χ4v) is 3.07. The monoisotopic (exact) mass is 343 g/mol. The van der Waals surface area contributed by atoms with Gasteiger partial charge in [-0.05, 0) is 34.2 Å². The van der Waals surface area contributed by atoms with Crippen LogP contribution in [0.4, 0.5) is 4.79 Å². The van der Waals surface area contributed by atoms with Gasteiger partial charge in [0.1, 0.15) is 0 Å². The third-order valence-corrected chi connectivity index (χ3v) is 4.34. The number of rotatable bonds is 4. The molecular formula is C18H25N5O2. The molecule has 2 aromatic rings. The number of hydrogen-bond donors (Lipinski definition) is 2. The number of likely N-dealkylation sites (tertiary alicyclic amines) is 1. The minimum Gasteiger partial charge on any atom is -0.337 e. The average Bonchev–Trinajstić information content (AvgIpc) is 3.14. The van der Waals surface area contributed by atoms with Crippen LogP contribution in [0.3, 0.4) is 0 Å². The molecule has 7 nitrogen and oxygen atoms in total. The van der Waals surface area contributed by atoms with Gasteiger partial charge in [-0.3, -0.25) is 4.90 Å². The highest BCUT2D eigenvalue weighted by atomic mass is 16.5. The van der Waals surface area contributed by atoms with Crippen LogP contribution < -0.4 is 10.6 Å². The van der Waals surface area contributed by atoms with Crippen molar-refractivity contribution in [2.45, 2.75) is 45.3 Å². The van der Waals surface area contributed by atoms with E-state index in [9.17, 15) is 4.79 Å². The summed E-state index contributed by atoms with van der Waals surface area (Å²) in [7, 11) is 2.00. The number of carbonyl (C=O) groups excluding carboxylic acids is 1. The van der Waals surface area contributed by atoms with E-state index in [0.29, 0.717) is 11.7 Å². The first kappa shape index (κ1) is 17.4. The molecule has 2 N–H and O–H groups in total. The summed E-state index contributed by atoms with van der Waals surface area (Å²) in [5.74, 6) is 1.18. The molecule has 0 aliphatic carbocycles. The fraction of sp³-hybridized carbons (Fsp3) is 0.500. The molecule has 2 heterocycles. The van der Waals surface area contributed by atoms with Crippen LogP contribution in [0.1, 0.15) is 37.8 Å². The second-order valence-corrected chi connectivity index (χ2v) is 6.98. The molecule has 2 atom stereocenters. The maximum absolute atomic E-state index is 11.9. The Balaban J connectivity index is 1.66. The van der Waals surface area contributed by atoms with Crippen molar-refractivity contribution in [3.63, 3.8) is 0 Å². The first-order valence-electron chi connectivity index (χ1n) is 8.60. The molecule has 0 radical (unpaired) electrons. The Bertz CT molecular complexity index is 725. The number of aromatic nitrogens is 2. The maximum atomic E-state index is 11.9. The lowest BCUT2D eigenvalue weighted by molar-refractivity contribution is 0.234. The zero-order chi connectivity index (χ0) is 18.0. The normalized spacial score (nSPS) is 20.8. The summed E-state index contributed by atoms with van der Waals surface area (Å²) in [6.45, 7) is 6.67. The van der Waals surface area contributed by atoms with E-state index in [1.807, 2.05) is 52.1 Å². The van der Waals surface area contributed by atoms with Crippen molar-refractivity contribution in [1.82, 2.24) is 25.7 Å². The molecule has 1 fully saturated rings. The molecule has 0 saturated carbocycles. The third kappa shape index (κ3) is 4.17. The van der Waals surface area contributed by atoms with Crippen LogP contribution in [0.5, 0.6) is 0 Å². The number of benzene rings is 1. The van der Waals surface area contributed by atoms with Crippen LogP contribution in [0.15, 0.2) is 28.8 Å². The topological polar surface area (TPSA) is 83.3 Å². The van der Waals surface area contributed by atoms with Crippen molar-refractivity contribution in [3.05, 3.63) is 35.7 Å². The van der Waals surface area contributed by atoms with Gasteiger partial charge in [-0.25, -0.2) is 4.79 Å². The number of aryl methyl sites for hydroxylation is 1. The van der Waals surface area contributed by atoms with Crippen LogP contribution in [-0.4, -0.2) is 46.7 Å². The second kappa shape index (κ2) is 7.23. The number of urea groups is 1. The maximum Gasteiger partial charge on any atom is 0.315 e. The van der Waals surface area contributed by atoms with Crippen LogP contribution in [0.2, 0.25) is 0 Å². The molecule has 0 bridgehead atoms. The highest BCUT2D eigenvalue weighted by Crippen LogP contribution is 2.30. The molecular weight excluding hydrogens is 318 g/mol. The summed E-state index contributed by atoms with van der Waals surface area (Å²) in [4.78, 5) is 18.6. The standard InChI is InChI=1S/C18H25N5O2/c1-11(2)19-18(24)20-14-9-15(23(4)10-14)17-21-16(22-25-17)13-7-5-12(3)6-8-13/h5-8,11,14-15H,9-10H2,1-4H3,(H2,19,20,24)/t14-,15-/m0/s1. The molecule has 1 aliphatic rings. The van der Waals surface area contributed by atoms with Gasteiger partial charge in [0.2, 0.25) is 11.7 Å². The molecule has 1 aliphatic heterocycles. The predicted molar refractivity (Wildman–Crippen MR) is 95.1 cm³/mol. The summed E-state index contributed by atoms with van der Waals surface area (Å²) in [5.41, 5.74) is 2.13. The Morgan fingerprint density at radius 1 is 1.32 bits per heavy atom. The number of nitrogens with one attached hydrogen (secondary N) is 2. The lowest BCUT2D eigenvalue weighted by Gasteiger charge is -2.15. The van der Waals surface area contributed by atoms with Crippen LogP contribution in [0.25, 0.3) is 11.4 Å². The smallest absolute Gasteiger partial charge is 0.315 e. The predicted octanol–water partition coefficient (Wildman–Crippen LogP) is 2.50. The van der Waals surface area contributed by atoms with E-state index in [1.54, 1.807) is 0 Å². The third-order valence-electron chi connectivity index (χ3n) is 4.34. The largest absolute Gasteiger partial charge is 0.337 e. The summed E-state index contributed by atoms with van der Waals surface area (Å²) in [6, 6.07) is 8.08. The molecule has 2 amide bonds. The van der Waals surface area contributed by atoms with Gasteiger partial charge in [-0.15, -0.1) is 0 Å². The van der Waals surface area contributed by atoms with Crippen molar-refractivity contribution in [1.29, 1.82) is 0 Å². The zero-order valence-corrected chi connectivity index (χ0v) is 15.1. The first-order chi connectivity index (χ1) is 11.9. The van der Waals surface area contributed by atoms with Gasteiger partial charge < -0.3 is 15.2 Å². The van der Waals surface area contributed by atoms with E-state index in [-0.39, 0.29) is 24.2 Å². The summed E-state index contributed by atoms with van der Waals surface area (Å²) < 4.78 is 5.49. The van der Waals surface area contributed by atoms with Gasteiger partial charge in [0.05, 0.1) is 6.04 Å². The second-order valence-electron chi connectivity index (χ2n) is 6.98. The number of likely N-dealkylation sites (N-methyl/N-ethyl adjacent to an activating group) is 1. The van der Waals surface area contributed by atoms with E-state index in [1.165, 1.54) is 5.56 Å². The van der Waals surface area contributed by atoms with E-state index in [4.69, 9.17) is 4.52 Å². The van der Waals surface area contributed by atoms with Crippen molar-refractivity contribution < 1.29 is 9.32 Å². The van der Waals surface area contributed by atoms with Gasteiger partial charge in [-0.2, -0.15) is 4.98 Å². The molecule has 134 valence electrons. The van der Waals surface area contributed by atoms with Crippen molar-refractivity contribution in [3.8, 4) is 11.4 Å². The van der Waals surface area contributed by atoms with Crippen LogP contribution in [0, 0.1) is 6.92 Å². The number of nitrogens with zero attached hydrogens (tertiary/aromatic N) is 3.